The lowest BCUT2D eigenvalue weighted by Crippen LogP contribution is -2.31. The molecular formula is C14H19N3O. The van der Waals surface area contributed by atoms with E-state index in [0.717, 1.165) is 11.3 Å². The van der Waals surface area contributed by atoms with Crippen LogP contribution in [0.15, 0.2) is 24.3 Å². The highest BCUT2D eigenvalue weighted by Crippen LogP contribution is 2.09. The zero-order chi connectivity index (χ0) is 13.4. The van der Waals surface area contributed by atoms with Crippen molar-refractivity contribution in [2.75, 3.05) is 11.9 Å². The Bertz CT molecular complexity index is 418. The van der Waals surface area contributed by atoms with Crippen LogP contribution < -0.4 is 10.6 Å². The van der Waals surface area contributed by atoms with Gasteiger partial charge in [0.2, 0.25) is 5.91 Å². The number of hydrogen-bond donors (Lipinski definition) is 2. The number of anilines is 1. The summed E-state index contributed by atoms with van der Waals surface area (Å²) in [5.41, 5.74) is 1.97. The van der Waals surface area contributed by atoms with Crippen molar-refractivity contribution in [3.8, 4) is 6.07 Å². The fraction of sp³-hybridized carbons (Fsp3) is 0.429. The summed E-state index contributed by atoms with van der Waals surface area (Å²) < 4.78 is 0. The van der Waals surface area contributed by atoms with E-state index in [-0.39, 0.29) is 11.9 Å². The van der Waals surface area contributed by atoms with Crippen LogP contribution in [0.1, 0.15) is 25.8 Å². The Hall–Kier alpha value is -2.02. The molecule has 4 heteroatoms. The molecule has 2 N–H and O–H groups in total. The van der Waals surface area contributed by atoms with Gasteiger partial charge in [-0.25, -0.2) is 0 Å². The molecule has 1 aromatic carbocycles. The Balaban J connectivity index is 2.31. The fourth-order valence-electron chi connectivity index (χ4n) is 1.55. The Morgan fingerprint density at radius 3 is 2.56 bits per heavy atom. The normalized spacial score (nSPS) is 9.89. The van der Waals surface area contributed by atoms with E-state index in [2.05, 4.69) is 16.7 Å². The van der Waals surface area contributed by atoms with Gasteiger partial charge in [0, 0.05) is 24.7 Å². The molecule has 0 bridgehead atoms. The molecule has 0 radical (unpaired) electrons. The van der Waals surface area contributed by atoms with Crippen LogP contribution in [-0.2, 0) is 11.2 Å². The van der Waals surface area contributed by atoms with Crippen molar-refractivity contribution in [3.05, 3.63) is 29.8 Å². The van der Waals surface area contributed by atoms with Gasteiger partial charge in [-0.15, -0.1) is 0 Å². The molecule has 0 aliphatic carbocycles. The lowest BCUT2D eigenvalue weighted by Gasteiger charge is -2.09. The zero-order valence-corrected chi connectivity index (χ0v) is 10.9. The Labute approximate surface area is 108 Å². The summed E-state index contributed by atoms with van der Waals surface area (Å²) in [5, 5.41) is 14.6. The van der Waals surface area contributed by atoms with Gasteiger partial charge in [-0.05, 0) is 31.5 Å². The van der Waals surface area contributed by atoms with E-state index < -0.39 is 0 Å². The van der Waals surface area contributed by atoms with Crippen molar-refractivity contribution < 1.29 is 4.79 Å². The van der Waals surface area contributed by atoms with Gasteiger partial charge >= 0.3 is 0 Å². The first-order valence-corrected chi connectivity index (χ1v) is 6.11. The lowest BCUT2D eigenvalue weighted by molar-refractivity contribution is -0.121. The van der Waals surface area contributed by atoms with Gasteiger partial charge in [-0.1, -0.05) is 12.1 Å². The van der Waals surface area contributed by atoms with Crippen LogP contribution in [0.2, 0.25) is 0 Å². The summed E-state index contributed by atoms with van der Waals surface area (Å²) >= 11 is 0. The number of benzene rings is 1. The summed E-state index contributed by atoms with van der Waals surface area (Å²) in [5.74, 6) is 0.0543. The summed E-state index contributed by atoms with van der Waals surface area (Å²) in [4.78, 5) is 11.4. The molecule has 1 amide bonds. The Morgan fingerprint density at radius 1 is 1.33 bits per heavy atom. The molecule has 0 saturated heterocycles. The van der Waals surface area contributed by atoms with Gasteiger partial charge in [0.1, 0.15) is 0 Å². The maximum absolute atomic E-state index is 11.4. The topological polar surface area (TPSA) is 64.9 Å². The highest BCUT2D eigenvalue weighted by Gasteiger charge is 2.02. The molecule has 0 saturated carbocycles. The van der Waals surface area contributed by atoms with Crippen LogP contribution in [-0.4, -0.2) is 18.5 Å². The molecule has 96 valence electrons. The van der Waals surface area contributed by atoms with E-state index in [1.807, 2.05) is 38.1 Å². The van der Waals surface area contributed by atoms with Crippen LogP contribution >= 0.6 is 0 Å². The number of nitriles is 1. The van der Waals surface area contributed by atoms with Gasteiger partial charge in [0.15, 0.2) is 0 Å². The zero-order valence-electron chi connectivity index (χ0n) is 10.9. The smallest absolute Gasteiger partial charge is 0.221 e. The van der Waals surface area contributed by atoms with Crippen molar-refractivity contribution in [2.24, 2.45) is 0 Å². The van der Waals surface area contributed by atoms with Gasteiger partial charge < -0.3 is 10.6 Å². The fourth-order valence-corrected chi connectivity index (χ4v) is 1.55. The maximum atomic E-state index is 11.4. The molecule has 0 spiro atoms. The first kappa shape index (κ1) is 14.0. The molecule has 4 nitrogen and oxygen atoms in total. The van der Waals surface area contributed by atoms with E-state index in [0.29, 0.717) is 19.4 Å². The highest BCUT2D eigenvalue weighted by molar-refractivity contribution is 5.76. The first-order chi connectivity index (χ1) is 8.61. The van der Waals surface area contributed by atoms with Crippen molar-refractivity contribution in [3.63, 3.8) is 0 Å². The minimum Gasteiger partial charge on any atom is -0.385 e. The van der Waals surface area contributed by atoms with Gasteiger partial charge in [0.05, 0.1) is 12.5 Å². The second kappa shape index (κ2) is 7.33. The highest BCUT2D eigenvalue weighted by atomic mass is 16.1. The number of carbonyl (C=O) groups is 1. The molecular weight excluding hydrogens is 226 g/mol. The number of hydrogen-bond acceptors (Lipinski definition) is 3. The molecule has 1 aromatic rings. The van der Waals surface area contributed by atoms with Crippen LogP contribution in [0.5, 0.6) is 0 Å². The standard InChI is InChI=1S/C14H19N3O/c1-11(2)17-14(18)8-10-16-13-5-3-12(4-6-13)7-9-15/h3-6,11,16H,7-8,10H2,1-2H3,(H,17,18). The average molecular weight is 245 g/mol. The van der Waals surface area contributed by atoms with Crippen LogP contribution in [0.4, 0.5) is 5.69 Å². The molecule has 0 atom stereocenters. The van der Waals surface area contributed by atoms with E-state index in [9.17, 15) is 4.79 Å². The third kappa shape index (κ3) is 5.35. The number of amides is 1. The predicted molar refractivity (Wildman–Crippen MR) is 72.1 cm³/mol. The predicted octanol–water partition coefficient (Wildman–Crippen LogP) is 2.08. The molecule has 0 unspecified atom stereocenters. The van der Waals surface area contributed by atoms with Gasteiger partial charge in [-0.3, -0.25) is 4.79 Å². The minimum absolute atomic E-state index is 0.0543. The summed E-state index contributed by atoms with van der Waals surface area (Å²) in [6, 6.07) is 9.97. The quantitative estimate of drug-likeness (QED) is 0.806. The maximum Gasteiger partial charge on any atom is 0.221 e. The molecule has 0 aliphatic heterocycles. The van der Waals surface area contributed by atoms with Gasteiger partial charge in [0.25, 0.3) is 0 Å². The molecule has 0 aliphatic rings. The molecule has 0 heterocycles. The van der Waals surface area contributed by atoms with Crippen LogP contribution in [0, 0.1) is 11.3 Å². The van der Waals surface area contributed by atoms with E-state index >= 15 is 0 Å². The second-order valence-corrected chi connectivity index (χ2v) is 4.43. The van der Waals surface area contributed by atoms with Crippen LogP contribution in [0.3, 0.4) is 0 Å². The molecule has 18 heavy (non-hydrogen) atoms. The minimum atomic E-state index is 0.0543. The summed E-state index contributed by atoms with van der Waals surface area (Å²) in [7, 11) is 0. The Kier molecular flexibility index (Phi) is 5.72. The lowest BCUT2D eigenvalue weighted by atomic mass is 10.1. The Morgan fingerprint density at radius 2 is 2.00 bits per heavy atom. The summed E-state index contributed by atoms with van der Waals surface area (Å²) in [6.45, 7) is 4.49. The second-order valence-electron chi connectivity index (χ2n) is 4.43. The SMILES string of the molecule is CC(C)NC(=O)CCNc1ccc(CC#N)cc1. The van der Waals surface area contributed by atoms with E-state index in [1.54, 1.807) is 0 Å². The number of rotatable bonds is 6. The molecule has 0 fully saturated rings. The van der Waals surface area contributed by atoms with Gasteiger partial charge in [-0.2, -0.15) is 5.26 Å². The van der Waals surface area contributed by atoms with E-state index in [1.165, 1.54) is 0 Å². The largest absolute Gasteiger partial charge is 0.385 e. The van der Waals surface area contributed by atoms with Crippen molar-refractivity contribution >= 4 is 11.6 Å². The average Bonchev–Trinajstić information content (AvgIpc) is 2.31. The first-order valence-electron chi connectivity index (χ1n) is 6.11. The summed E-state index contributed by atoms with van der Waals surface area (Å²) in [6.07, 6.45) is 0.884. The van der Waals surface area contributed by atoms with E-state index in [4.69, 9.17) is 5.26 Å². The van der Waals surface area contributed by atoms with Crippen molar-refractivity contribution in [1.82, 2.24) is 5.32 Å². The third-order valence-corrected chi connectivity index (χ3v) is 2.37. The molecule has 0 aromatic heterocycles. The number of nitrogens with zero attached hydrogens (tertiary/aromatic N) is 1. The molecule has 1 rings (SSSR count). The third-order valence-electron chi connectivity index (χ3n) is 2.37. The number of nitrogens with one attached hydrogen (secondary N) is 2. The van der Waals surface area contributed by atoms with Crippen molar-refractivity contribution in [1.29, 1.82) is 5.26 Å². The van der Waals surface area contributed by atoms with Crippen LogP contribution in [0.25, 0.3) is 0 Å². The number of carbonyl (C=O) groups excluding carboxylic acids is 1. The van der Waals surface area contributed by atoms with Crippen molar-refractivity contribution in [2.45, 2.75) is 32.7 Å². The monoisotopic (exact) mass is 245 g/mol.